The third-order valence-electron chi connectivity index (χ3n) is 17.9. The number of carbonyl (C=O) groups excluding carboxylic acids is 2. The fourth-order valence-electron chi connectivity index (χ4n) is 11.9. The Bertz CT molecular complexity index is 1600. The zero-order valence-electron chi connectivity index (χ0n) is 57.4. The number of amides is 1. The number of ether oxygens (including phenoxy) is 3. The van der Waals surface area contributed by atoms with Crippen LogP contribution in [0.25, 0.3) is 0 Å². The summed E-state index contributed by atoms with van der Waals surface area (Å²) in [7, 11) is 0. The number of unbranched alkanes of at least 4 members (excludes halogenated alkanes) is 47. The van der Waals surface area contributed by atoms with Crippen LogP contribution in [0.2, 0.25) is 0 Å². The standard InChI is InChI=1S/C77H143NO10/c1-3-5-7-9-11-13-14-15-16-17-36-39-42-45-49-53-57-61-65-73(82)86-66-62-58-54-50-46-43-40-37-34-32-30-28-26-24-22-20-18-19-21-23-25-27-29-31-33-35-38-41-44-48-52-56-60-64-72(81)78-69(70(80)63-59-55-51-47-12-10-8-6-4-2)68-87-77-76(85)75(84)74(83)71(67-79)88-77/h16-17,22,24,28,30,59,63,69-71,74-77,79-80,83-85H,3-15,18-21,23,25-27,29,31-58,60-62,64-68H2,1-2H3,(H,78,81)/b17-16-,24-22-,30-28-,63-59+. The number of aliphatic hydroxyl groups excluding tert-OH is 5. The summed E-state index contributed by atoms with van der Waals surface area (Å²) in [5.41, 5.74) is 0. The molecule has 11 heteroatoms. The lowest BCUT2D eigenvalue weighted by Gasteiger charge is -2.40. The van der Waals surface area contributed by atoms with Gasteiger partial charge in [0.05, 0.1) is 32.0 Å². The summed E-state index contributed by atoms with van der Waals surface area (Å²) in [6, 6.07) is -0.808. The number of hydrogen-bond donors (Lipinski definition) is 6. The minimum Gasteiger partial charge on any atom is -0.466 e. The summed E-state index contributed by atoms with van der Waals surface area (Å²) in [5, 5.41) is 54.3. The molecular formula is C77H143NO10. The van der Waals surface area contributed by atoms with Crippen LogP contribution in [-0.4, -0.2) is 100 Å². The maximum Gasteiger partial charge on any atom is 0.305 e. The number of aliphatic hydroxyl groups is 5. The minimum atomic E-state index is -1.57. The lowest BCUT2D eigenvalue weighted by Crippen LogP contribution is -2.60. The van der Waals surface area contributed by atoms with Crippen LogP contribution in [0.3, 0.4) is 0 Å². The summed E-state index contributed by atoms with van der Waals surface area (Å²) in [6.07, 6.45) is 77.1. The second kappa shape index (κ2) is 66.1. The predicted octanol–water partition coefficient (Wildman–Crippen LogP) is 19.9. The average molecular weight is 1240 g/mol. The van der Waals surface area contributed by atoms with Crippen molar-refractivity contribution in [3.63, 3.8) is 0 Å². The van der Waals surface area contributed by atoms with E-state index in [0.717, 1.165) is 64.2 Å². The maximum absolute atomic E-state index is 13.0. The fraction of sp³-hybridized carbons (Fsp3) is 0.870. The van der Waals surface area contributed by atoms with E-state index < -0.39 is 49.5 Å². The van der Waals surface area contributed by atoms with Gasteiger partial charge in [-0.05, 0) is 89.9 Å². The first-order chi connectivity index (χ1) is 43.2. The van der Waals surface area contributed by atoms with Crippen molar-refractivity contribution in [2.45, 2.75) is 410 Å². The second-order valence-corrected chi connectivity index (χ2v) is 26.3. The van der Waals surface area contributed by atoms with Crippen LogP contribution in [0.5, 0.6) is 0 Å². The Kier molecular flexibility index (Phi) is 62.8. The van der Waals surface area contributed by atoms with Crippen LogP contribution in [-0.2, 0) is 23.8 Å². The quantitative estimate of drug-likeness (QED) is 0.0195. The Labute approximate surface area is 542 Å². The van der Waals surface area contributed by atoms with Crippen molar-refractivity contribution in [1.29, 1.82) is 0 Å². The van der Waals surface area contributed by atoms with Crippen LogP contribution in [0, 0.1) is 0 Å². The van der Waals surface area contributed by atoms with Gasteiger partial charge in [-0.3, -0.25) is 9.59 Å². The lowest BCUT2D eigenvalue weighted by molar-refractivity contribution is -0.302. The Morgan fingerprint density at radius 1 is 0.420 bits per heavy atom. The maximum atomic E-state index is 13.0. The van der Waals surface area contributed by atoms with Gasteiger partial charge in [0.25, 0.3) is 0 Å². The van der Waals surface area contributed by atoms with Gasteiger partial charge in [-0.25, -0.2) is 0 Å². The molecule has 0 aromatic rings. The predicted molar refractivity (Wildman–Crippen MR) is 370 cm³/mol. The van der Waals surface area contributed by atoms with Gasteiger partial charge in [0, 0.05) is 12.8 Å². The van der Waals surface area contributed by atoms with Crippen LogP contribution in [0.15, 0.2) is 48.6 Å². The van der Waals surface area contributed by atoms with E-state index in [-0.39, 0.29) is 18.5 Å². The molecule has 1 aliphatic heterocycles. The second-order valence-electron chi connectivity index (χ2n) is 26.3. The highest BCUT2D eigenvalue weighted by Gasteiger charge is 2.44. The molecule has 0 aliphatic carbocycles. The molecule has 0 aromatic carbocycles. The molecule has 7 unspecified atom stereocenters. The van der Waals surface area contributed by atoms with E-state index in [2.05, 4.69) is 55.6 Å². The van der Waals surface area contributed by atoms with Crippen LogP contribution in [0.4, 0.5) is 0 Å². The molecule has 0 bridgehead atoms. The first-order valence-corrected chi connectivity index (χ1v) is 37.9. The van der Waals surface area contributed by atoms with E-state index in [1.807, 2.05) is 6.08 Å². The number of allylic oxidation sites excluding steroid dienone is 7. The molecule has 0 radical (unpaired) electrons. The van der Waals surface area contributed by atoms with Gasteiger partial charge in [0.15, 0.2) is 6.29 Å². The van der Waals surface area contributed by atoms with Crippen molar-refractivity contribution in [2.75, 3.05) is 19.8 Å². The first kappa shape index (κ1) is 83.6. The number of carbonyl (C=O) groups is 2. The molecule has 7 atom stereocenters. The van der Waals surface area contributed by atoms with Gasteiger partial charge >= 0.3 is 5.97 Å². The summed E-state index contributed by atoms with van der Waals surface area (Å²) < 4.78 is 16.7. The van der Waals surface area contributed by atoms with E-state index in [9.17, 15) is 35.1 Å². The Hall–Kier alpha value is -2.38. The molecule has 11 nitrogen and oxygen atoms in total. The van der Waals surface area contributed by atoms with E-state index in [4.69, 9.17) is 14.2 Å². The third-order valence-corrected chi connectivity index (χ3v) is 17.9. The highest BCUT2D eigenvalue weighted by molar-refractivity contribution is 5.76. The van der Waals surface area contributed by atoms with Gasteiger partial charge in [-0.15, -0.1) is 0 Å². The summed E-state index contributed by atoms with van der Waals surface area (Å²) in [4.78, 5) is 25.1. The minimum absolute atomic E-state index is 0.00425. The van der Waals surface area contributed by atoms with Crippen molar-refractivity contribution in [3.8, 4) is 0 Å². The summed E-state index contributed by atoms with van der Waals surface area (Å²) >= 11 is 0. The van der Waals surface area contributed by atoms with E-state index >= 15 is 0 Å². The van der Waals surface area contributed by atoms with E-state index in [1.54, 1.807) is 6.08 Å². The molecule has 0 saturated carbocycles. The molecule has 1 rings (SSSR count). The molecule has 1 heterocycles. The van der Waals surface area contributed by atoms with Gasteiger partial charge in [0.1, 0.15) is 24.4 Å². The summed E-state index contributed by atoms with van der Waals surface area (Å²) in [5.74, 6) is -0.177. The molecule has 1 aliphatic rings. The van der Waals surface area contributed by atoms with Crippen LogP contribution in [0.1, 0.15) is 367 Å². The Balaban J connectivity index is 1.89. The zero-order valence-corrected chi connectivity index (χ0v) is 57.4. The fourth-order valence-corrected chi connectivity index (χ4v) is 11.9. The zero-order chi connectivity index (χ0) is 63.7. The van der Waals surface area contributed by atoms with E-state index in [1.165, 1.54) is 276 Å². The number of rotatable bonds is 67. The van der Waals surface area contributed by atoms with Crippen LogP contribution < -0.4 is 5.32 Å². The highest BCUT2D eigenvalue weighted by Crippen LogP contribution is 2.23. The van der Waals surface area contributed by atoms with Gasteiger partial charge < -0.3 is 45.1 Å². The topological polar surface area (TPSA) is 175 Å². The molecular weight excluding hydrogens is 1100 g/mol. The summed E-state index contributed by atoms with van der Waals surface area (Å²) in [6.45, 7) is 4.34. The lowest BCUT2D eigenvalue weighted by atomic mass is 9.99. The van der Waals surface area contributed by atoms with Gasteiger partial charge in [-0.2, -0.15) is 0 Å². The Morgan fingerprint density at radius 2 is 0.761 bits per heavy atom. The molecule has 1 saturated heterocycles. The number of hydrogen-bond acceptors (Lipinski definition) is 10. The van der Waals surface area contributed by atoms with Crippen molar-refractivity contribution >= 4 is 11.9 Å². The Morgan fingerprint density at radius 3 is 1.16 bits per heavy atom. The first-order valence-electron chi connectivity index (χ1n) is 37.9. The smallest absolute Gasteiger partial charge is 0.305 e. The molecule has 1 fully saturated rings. The van der Waals surface area contributed by atoms with Crippen molar-refractivity contribution in [2.24, 2.45) is 0 Å². The molecule has 0 spiro atoms. The molecule has 516 valence electrons. The van der Waals surface area contributed by atoms with Gasteiger partial charge in [-0.1, -0.05) is 313 Å². The van der Waals surface area contributed by atoms with E-state index in [0.29, 0.717) is 19.4 Å². The number of esters is 1. The van der Waals surface area contributed by atoms with Gasteiger partial charge in [0.2, 0.25) is 5.91 Å². The number of nitrogens with one attached hydrogen (secondary N) is 1. The molecule has 1 amide bonds. The normalized spacial score (nSPS) is 18.0. The third kappa shape index (κ3) is 54.2. The monoisotopic (exact) mass is 1240 g/mol. The van der Waals surface area contributed by atoms with Crippen molar-refractivity contribution < 1.29 is 49.3 Å². The molecule has 6 N–H and O–H groups in total. The van der Waals surface area contributed by atoms with Crippen molar-refractivity contribution in [3.05, 3.63) is 48.6 Å². The molecule has 88 heavy (non-hydrogen) atoms. The van der Waals surface area contributed by atoms with Crippen molar-refractivity contribution in [1.82, 2.24) is 5.32 Å². The molecule has 0 aromatic heterocycles. The van der Waals surface area contributed by atoms with Crippen LogP contribution >= 0.6 is 0 Å². The average Bonchev–Trinajstić information content (AvgIpc) is 2.57. The SMILES string of the molecule is CCCCCCCCC/C=C\CCCCCCCCCC(=O)OCCCCCCCCCCC/C=C\C/C=C\CCCCCCCCCCCCCCCCCCCC(=O)NC(COC1OC(CO)C(O)C(O)C1O)C(O)/C=C/CCCCCCCCC. The largest absolute Gasteiger partial charge is 0.466 e. The highest BCUT2D eigenvalue weighted by atomic mass is 16.7.